The van der Waals surface area contributed by atoms with Gasteiger partial charge in [-0.2, -0.15) is 0 Å². The molecule has 2 aromatic carbocycles. The fraction of sp³-hybridized carbons (Fsp3) is 0.263. The Kier molecular flexibility index (Phi) is 6.55. The number of ether oxygens (including phenoxy) is 2. The second-order valence-corrected chi connectivity index (χ2v) is 6.17. The van der Waals surface area contributed by atoms with Crippen molar-refractivity contribution in [1.29, 1.82) is 0 Å². The molecule has 0 saturated heterocycles. The fourth-order valence-corrected chi connectivity index (χ4v) is 2.49. The molecule has 0 amide bonds. The van der Waals surface area contributed by atoms with Crippen molar-refractivity contribution >= 4 is 27.7 Å². The van der Waals surface area contributed by atoms with Gasteiger partial charge in [0, 0.05) is 5.56 Å². The predicted molar refractivity (Wildman–Crippen MR) is 96.0 cm³/mol. The standard InChI is InChI=1S/C19H19BrO4/c1-3-4-11-23-18-10-7-15(12-17(18)20)19(22)24-16-8-5-14(6-9-16)13(2)21/h5-10,12H,3-4,11H2,1-2H3. The first-order chi connectivity index (χ1) is 11.5. The molecule has 0 N–H and O–H groups in total. The number of hydrogen-bond acceptors (Lipinski definition) is 4. The molecule has 0 bridgehead atoms. The minimum atomic E-state index is -0.466. The monoisotopic (exact) mass is 390 g/mol. The summed E-state index contributed by atoms with van der Waals surface area (Å²) < 4.78 is 11.7. The summed E-state index contributed by atoms with van der Waals surface area (Å²) in [5, 5.41) is 0. The molecular formula is C19H19BrO4. The zero-order valence-electron chi connectivity index (χ0n) is 13.7. The topological polar surface area (TPSA) is 52.6 Å². The third-order valence-corrected chi connectivity index (χ3v) is 4.01. The Balaban J connectivity index is 2.04. The van der Waals surface area contributed by atoms with Gasteiger partial charge in [0.2, 0.25) is 0 Å². The molecule has 5 heteroatoms. The molecular weight excluding hydrogens is 372 g/mol. The van der Waals surface area contributed by atoms with Crippen LogP contribution in [0.5, 0.6) is 11.5 Å². The van der Waals surface area contributed by atoms with Gasteiger partial charge in [-0.1, -0.05) is 13.3 Å². The maximum atomic E-state index is 12.2. The van der Waals surface area contributed by atoms with Crippen molar-refractivity contribution < 1.29 is 19.1 Å². The third-order valence-electron chi connectivity index (χ3n) is 3.39. The maximum Gasteiger partial charge on any atom is 0.343 e. The summed E-state index contributed by atoms with van der Waals surface area (Å²) >= 11 is 3.41. The van der Waals surface area contributed by atoms with Gasteiger partial charge in [-0.25, -0.2) is 4.79 Å². The number of carbonyl (C=O) groups excluding carboxylic acids is 2. The van der Waals surface area contributed by atoms with Gasteiger partial charge in [-0.05, 0) is 71.7 Å². The van der Waals surface area contributed by atoms with Crippen LogP contribution >= 0.6 is 15.9 Å². The van der Waals surface area contributed by atoms with Gasteiger partial charge >= 0.3 is 5.97 Å². The van der Waals surface area contributed by atoms with E-state index < -0.39 is 5.97 Å². The highest BCUT2D eigenvalue weighted by Crippen LogP contribution is 2.27. The number of esters is 1. The lowest BCUT2D eigenvalue weighted by molar-refractivity contribution is 0.0734. The van der Waals surface area contributed by atoms with Crippen LogP contribution in [0.4, 0.5) is 0 Å². The highest BCUT2D eigenvalue weighted by molar-refractivity contribution is 9.10. The van der Waals surface area contributed by atoms with Crippen molar-refractivity contribution in [1.82, 2.24) is 0 Å². The maximum absolute atomic E-state index is 12.2. The van der Waals surface area contributed by atoms with Gasteiger partial charge in [0.15, 0.2) is 5.78 Å². The summed E-state index contributed by atoms with van der Waals surface area (Å²) in [6.07, 6.45) is 2.04. The highest BCUT2D eigenvalue weighted by Gasteiger charge is 2.12. The molecule has 0 aliphatic heterocycles. The van der Waals surface area contributed by atoms with Crippen LogP contribution in [0.2, 0.25) is 0 Å². The Morgan fingerprint density at radius 3 is 2.29 bits per heavy atom. The number of carbonyl (C=O) groups is 2. The van der Waals surface area contributed by atoms with Crippen molar-refractivity contribution in [2.45, 2.75) is 26.7 Å². The van der Waals surface area contributed by atoms with Gasteiger partial charge in [0.25, 0.3) is 0 Å². The summed E-state index contributed by atoms with van der Waals surface area (Å²) in [7, 11) is 0. The molecule has 4 nitrogen and oxygen atoms in total. The van der Waals surface area contributed by atoms with Crippen LogP contribution in [-0.2, 0) is 0 Å². The second-order valence-electron chi connectivity index (χ2n) is 5.32. The minimum Gasteiger partial charge on any atom is -0.492 e. The van der Waals surface area contributed by atoms with E-state index in [-0.39, 0.29) is 5.78 Å². The van der Waals surface area contributed by atoms with Gasteiger partial charge in [0.05, 0.1) is 16.6 Å². The number of Topliss-reactive ketones (excluding diaryl/α,β-unsaturated/α-hetero) is 1. The smallest absolute Gasteiger partial charge is 0.343 e. The van der Waals surface area contributed by atoms with Gasteiger partial charge in [-0.15, -0.1) is 0 Å². The average molecular weight is 391 g/mol. The number of benzene rings is 2. The molecule has 2 rings (SSSR count). The molecule has 0 saturated carbocycles. The number of ketones is 1. The minimum absolute atomic E-state index is 0.0320. The lowest BCUT2D eigenvalue weighted by Gasteiger charge is -2.09. The number of halogens is 1. The first-order valence-corrected chi connectivity index (χ1v) is 8.56. The van der Waals surface area contributed by atoms with Crippen molar-refractivity contribution in [3.63, 3.8) is 0 Å². The molecule has 0 aliphatic carbocycles. The second kappa shape index (κ2) is 8.64. The van der Waals surface area contributed by atoms with Crippen LogP contribution < -0.4 is 9.47 Å². The van der Waals surface area contributed by atoms with E-state index in [2.05, 4.69) is 22.9 Å². The van der Waals surface area contributed by atoms with Crippen molar-refractivity contribution in [2.24, 2.45) is 0 Å². The zero-order chi connectivity index (χ0) is 17.5. The quantitative estimate of drug-likeness (QED) is 0.287. The van der Waals surface area contributed by atoms with E-state index in [1.165, 1.54) is 6.92 Å². The molecule has 0 atom stereocenters. The highest BCUT2D eigenvalue weighted by atomic mass is 79.9. The van der Waals surface area contributed by atoms with Crippen LogP contribution in [0.1, 0.15) is 47.4 Å². The summed E-state index contributed by atoms with van der Waals surface area (Å²) in [5.74, 6) is 0.594. The summed E-state index contributed by atoms with van der Waals surface area (Å²) in [6.45, 7) is 4.23. The van der Waals surface area contributed by atoms with Gasteiger partial charge < -0.3 is 9.47 Å². The molecule has 0 unspecified atom stereocenters. The number of rotatable bonds is 7. The average Bonchev–Trinajstić information content (AvgIpc) is 2.57. The predicted octanol–water partition coefficient (Wildman–Crippen LogP) is 5.05. The summed E-state index contributed by atoms with van der Waals surface area (Å²) in [6, 6.07) is 11.6. The van der Waals surface area contributed by atoms with Gasteiger partial charge in [-0.3, -0.25) is 4.79 Å². The van der Waals surface area contributed by atoms with E-state index in [9.17, 15) is 9.59 Å². The lowest BCUT2D eigenvalue weighted by Crippen LogP contribution is -2.09. The summed E-state index contributed by atoms with van der Waals surface area (Å²) in [4.78, 5) is 23.4. The Bertz CT molecular complexity index is 723. The number of hydrogen-bond donors (Lipinski definition) is 0. The normalized spacial score (nSPS) is 10.3. The van der Waals surface area contributed by atoms with E-state index in [4.69, 9.17) is 9.47 Å². The molecule has 0 radical (unpaired) electrons. The van der Waals surface area contributed by atoms with Crippen LogP contribution in [-0.4, -0.2) is 18.4 Å². The lowest BCUT2D eigenvalue weighted by atomic mass is 10.1. The van der Waals surface area contributed by atoms with Crippen LogP contribution in [0.25, 0.3) is 0 Å². The number of unbranched alkanes of at least 4 members (excludes halogenated alkanes) is 1. The van der Waals surface area contributed by atoms with Crippen molar-refractivity contribution in [2.75, 3.05) is 6.61 Å². The van der Waals surface area contributed by atoms with Crippen LogP contribution in [0.15, 0.2) is 46.9 Å². The van der Waals surface area contributed by atoms with E-state index in [0.717, 1.165) is 12.8 Å². The molecule has 0 spiro atoms. The largest absolute Gasteiger partial charge is 0.492 e. The molecule has 0 fully saturated rings. The van der Waals surface area contributed by atoms with Crippen molar-refractivity contribution in [3.8, 4) is 11.5 Å². The Labute approximate surface area is 149 Å². The first-order valence-electron chi connectivity index (χ1n) is 7.76. The Morgan fingerprint density at radius 2 is 1.71 bits per heavy atom. The van der Waals surface area contributed by atoms with E-state index in [1.807, 2.05) is 0 Å². The van der Waals surface area contributed by atoms with Crippen molar-refractivity contribution in [3.05, 3.63) is 58.1 Å². The fourth-order valence-electron chi connectivity index (χ4n) is 1.99. The zero-order valence-corrected chi connectivity index (χ0v) is 15.3. The third kappa shape index (κ3) is 4.93. The SMILES string of the molecule is CCCCOc1ccc(C(=O)Oc2ccc(C(C)=O)cc2)cc1Br. The molecule has 126 valence electrons. The first kappa shape index (κ1) is 18.2. The summed E-state index contributed by atoms with van der Waals surface area (Å²) in [5.41, 5.74) is 0.992. The molecule has 24 heavy (non-hydrogen) atoms. The molecule has 0 aromatic heterocycles. The molecule has 0 heterocycles. The van der Waals surface area contributed by atoms with Crippen LogP contribution in [0, 0.1) is 0 Å². The Morgan fingerprint density at radius 1 is 1.04 bits per heavy atom. The van der Waals surface area contributed by atoms with Gasteiger partial charge in [0.1, 0.15) is 11.5 Å². The molecule has 0 aliphatic rings. The van der Waals surface area contributed by atoms with E-state index in [1.54, 1.807) is 42.5 Å². The van der Waals surface area contributed by atoms with E-state index in [0.29, 0.717) is 33.7 Å². The Hall–Kier alpha value is -2.14. The van der Waals surface area contributed by atoms with Crippen LogP contribution in [0.3, 0.4) is 0 Å². The molecule has 2 aromatic rings. The van der Waals surface area contributed by atoms with E-state index >= 15 is 0 Å².